The molecule has 1 aromatic carbocycles. The number of aromatic carboxylic acids is 1. The lowest BCUT2D eigenvalue weighted by molar-refractivity contribution is 0.0697. The second kappa shape index (κ2) is 5.48. The smallest absolute Gasteiger partial charge is 0.335 e. The molecule has 112 valence electrons. The molecule has 0 amide bonds. The number of imidazole rings is 1. The molecule has 1 fully saturated rings. The Kier molecular flexibility index (Phi) is 3.68. The Morgan fingerprint density at radius 1 is 1.38 bits per heavy atom. The van der Waals surface area contributed by atoms with E-state index in [1.807, 2.05) is 6.92 Å². The average Bonchev–Trinajstić information content (AvgIpc) is 3.07. The van der Waals surface area contributed by atoms with Crippen LogP contribution in [-0.2, 0) is 6.54 Å². The van der Waals surface area contributed by atoms with E-state index in [2.05, 4.69) is 21.4 Å². The minimum Gasteiger partial charge on any atom is -0.478 e. The van der Waals surface area contributed by atoms with Crippen LogP contribution in [0.5, 0.6) is 0 Å². The molecule has 1 N–H and O–H groups in total. The molecular weight excluding hydrogens is 266 g/mol. The highest BCUT2D eigenvalue weighted by molar-refractivity contribution is 5.92. The summed E-state index contributed by atoms with van der Waals surface area (Å²) in [4.78, 5) is 18.2. The van der Waals surface area contributed by atoms with E-state index in [0.29, 0.717) is 11.6 Å². The highest BCUT2D eigenvalue weighted by atomic mass is 16.4. The van der Waals surface area contributed by atoms with Crippen LogP contribution in [0, 0.1) is 6.92 Å². The van der Waals surface area contributed by atoms with Gasteiger partial charge < -0.3 is 9.67 Å². The second-order valence-corrected chi connectivity index (χ2v) is 5.87. The molecule has 1 saturated heterocycles. The molecule has 1 aliphatic rings. The summed E-state index contributed by atoms with van der Waals surface area (Å²) in [5.74, 6) is 0.0495. The molecule has 1 unspecified atom stereocenters. The fourth-order valence-electron chi connectivity index (χ4n) is 3.17. The fraction of sp³-hybridized carbons (Fsp3) is 0.500. The van der Waals surface area contributed by atoms with Crippen molar-refractivity contribution in [2.24, 2.45) is 0 Å². The van der Waals surface area contributed by atoms with E-state index < -0.39 is 5.97 Å². The van der Waals surface area contributed by atoms with Crippen LogP contribution in [0.1, 0.15) is 35.9 Å². The van der Waals surface area contributed by atoms with Crippen molar-refractivity contribution < 1.29 is 9.90 Å². The molecule has 1 aliphatic heterocycles. The third-order valence-corrected chi connectivity index (χ3v) is 4.40. The van der Waals surface area contributed by atoms with Gasteiger partial charge in [-0.15, -0.1) is 0 Å². The van der Waals surface area contributed by atoms with Crippen LogP contribution in [0.15, 0.2) is 18.2 Å². The van der Waals surface area contributed by atoms with Crippen LogP contribution in [0.3, 0.4) is 0 Å². The summed E-state index contributed by atoms with van der Waals surface area (Å²) >= 11 is 0. The minimum absolute atomic E-state index is 0.317. The summed E-state index contributed by atoms with van der Waals surface area (Å²) in [6.45, 7) is 7.39. The summed E-state index contributed by atoms with van der Waals surface area (Å²) in [6, 6.07) is 5.58. The number of nitrogens with zero attached hydrogens (tertiary/aromatic N) is 3. The zero-order valence-electron chi connectivity index (χ0n) is 12.5. The molecule has 5 nitrogen and oxygen atoms in total. The number of carbonyl (C=O) groups is 1. The molecule has 21 heavy (non-hydrogen) atoms. The number of hydrogen-bond donors (Lipinski definition) is 1. The van der Waals surface area contributed by atoms with Crippen molar-refractivity contribution in [3.8, 4) is 0 Å². The van der Waals surface area contributed by atoms with Gasteiger partial charge in [-0.25, -0.2) is 9.78 Å². The highest BCUT2D eigenvalue weighted by Gasteiger charge is 2.20. The van der Waals surface area contributed by atoms with Gasteiger partial charge in [0, 0.05) is 12.6 Å². The molecule has 0 spiro atoms. The monoisotopic (exact) mass is 287 g/mol. The van der Waals surface area contributed by atoms with E-state index in [1.54, 1.807) is 18.2 Å². The highest BCUT2D eigenvalue weighted by Crippen LogP contribution is 2.20. The van der Waals surface area contributed by atoms with Crippen molar-refractivity contribution in [2.75, 3.05) is 13.1 Å². The number of aromatic nitrogens is 2. The normalized spacial score (nSPS) is 17.4. The maximum atomic E-state index is 11.2. The number of hydrogen-bond acceptors (Lipinski definition) is 3. The molecule has 0 aliphatic carbocycles. The molecule has 2 aromatic rings. The Bertz CT molecular complexity index is 671. The van der Waals surface area contributed by atoms with Gasteiger partial charge in [0.05, 0.1) is 16.6 Å². The van der Waals surface area contributed by atoms with Gasteiger partial charge in [-0.1, -0.05) is 0 Å². The van der Waals surface area contributed by atoms with Crippen molar-refractivity contribution in [3.05, 3.63) is 29.6 Å². The van der Waals surface area contributed by atoms with E-state index >= 15 is 0 Å². The average molecular weight is 287 g/mol. The number of fused-ring (bicyclic) bond motifs is 1. The lowest BCUT2D eigenvalue weighted by atomic mass is 10.2. The standard InChI is InChI=1S/C16H21N3O2/c1-11(18-7-3-4-8-18)10-19-12(2)17-14-6-5-13(16(20)21)9-15(14)19/h5-6,9,11H,3-4,7-8,10H2,1-2H3,(H,20,21). The van der Waals surface area contributed by atoms with E-state index in [0.717, 1.165) is 36.5 Å². The summed E-state index contributed by atoms with van der Waals surface area (Å²) in [6.07, 6.45) is 2.55. The summed E-state index contributed by atoms with van der Waals surface area (Å²) in [7, 11) is 0. The predicted molar refractivity (Wildman–Crippen MR) is 81.7 cm³/mol. The first-order valence-corrected chi connectivity index (χ1v) is 7.50. The Labute approximate surface area is 124 Å². The third kappa shape index (κ3) is 2.65. The zero-order valence-corrected chi connectivity index (χ0v) is 12.5. The number of likely N-dealkylation sites (tertiary alicyclic amines) is 1. The van der Waals surface area contributed by atoms with E-state index in [-0.39, 0.29) is 0 Å². The topological polar surface area (TPSA) is 58.4 Å². The van der Waals surface area contributed by atoms with Gasteiger partial charge in [0.25, 0.3) is 0 Å². The summed E-state index contributed by atoms with van der Waals surface area (Å²) in [5.41, 5.74) is 2.10. The molecule has 0 bridgehead atoms. The first-order chi connectivity index (χ1) is 10.1. The Morgan fingerprint density at radius 2 is 2.10 bits per heavy atom. The molecule has 3 rings (SSSR count). The number of rotatable bonds is 4. The predicted octanol–water partition coefficient (Wildman–Crippen LogP) is 2.53. The van der Waals surface area contributed by atoms with E-state index in [1.165, 1.54) is 12.8 Å². The van der Waals surface area contributed by atoms with E-state index in [9.17, 15) is 4.79 Å². The minimum atomic E-state index is -0.894. The van der Waals surface area contributed by atoms with Crippen molar-refractivity contribution in [3.63, 3.8) is 0 Å². The van der Waals surface area contributed by atoms with Crippen LogP contribution in [0.25, 0.3) is 11.0 Å². The van der Waals surface area contributed by atoms with Gasteiger partial charge >= 0.3 is 5.97 Å². The van der Waals surface area contributed by atoms with Gasteiger partial charge in [-0.05, 0) is 58.0 Å². The van der Waals surface area contributed by atoms with Gasteiger partial charge in [-0.2, -0.15) is 0 Å². The molecule has 1 atom stereocenters. The Morgan fingerprint density at radius 3 is 2.76 bits per heavy atom. The van der Waals surface area contributed by atoms with Gasteiger partial charge in [0.15, 0.2) is 0 Å². The van der Waals surface area contributed by atoms with Gasteiger partial charge in [0.1, 0.15) is 5.82 Å². The van der Waals surface area contributed by atoms with Crippen LogP contribution in [0.2, 0.25) is 0 Å². The molecule has 0 saturated carbocycles. The molecular formula is C16H21N3O2. The van der Waals surface area contributed by atoms with Crippen molar-refractivity contribution in [1.82, 2.24) is 14.5 Å². The summed E-state index contributed by atoms with van der Waals surface area (Å²) in [5, 5.41) is 9.16. The van der Waals surface area contributed by atoms with Crippen LogP contribution in [0.4, 0.5) is 0 Å². The number of carboxylic acid groups (broad SMARTS) is 1. The van der Waals surface area contributed by atoms with Gasteiger partial charge in [0.2, 0.25) is 0 Å². The summed E-state index contributed by atoms with van der Waals surface area (Å²) < 4.78 is 2.14. The third-order valence-electron chi connectivity index (χ3n) is 4.40. The Hall–Kier alpha value is -1.88. The quantitative estimate of drug-likeness (QED) is 0.938. The molecule has 5 heteroatoms. The second-order valence-electron chi connectivity index (χ2n) is 5.87. The van der Waals surface area contributed by atoms with Crippen LogP contribution in [-0.4, -0.2) is 44.7 Å². The lowest BCUT2D eigenvalue weighted by Gasteiger charge is -2.24. The molecule has 0 radical (unpaired) electrons. The van der Waals surface area contributed by atoms with Crippen molar-refractivity contribution >= 4 is 17.0 Å². The van der Waals surface area contributed by atoms with Crippen molar-refractivity contribution in [1.29, 1.82) is 0 Å². The van der Waals surface area contributed by atoms with Crippen LogP contribution >= 0.6 is 0 Å². The largest absolute Gasteiger partial charge is 0.478 e. The molecule has 2 heterocycles. The fourth-order valence-corrected chi connectivity index (χ4v) is 3.17. The zero-order chi connectivity index (χ0) is 15.0. The van der Waals surface area contributed by atoms with Gasteiger partial charge in [-0.3, -0.25) is 4.90 Å². The first-order valence-electron chi connectivity index (χ1n) is 7.50. The molecule has 1 aromatic heterocycles. The van der Waals surface area contributed by atoms with Crippen LogP contribution < -0.4 is 0 Å². The number of aryl methyl sites for hydroxylation is 1. The number of benzene rings is 1. The van der Waals surface area contributed by atoms with E-state index in [4.69, 9.17) is 5.11 Å². The lowest BCUT2D eigenvalue weighted by Crippen LogP contribution is -2.33. The maximum Gasteiger partial charge on any atom is 0.335 e. The Balaban J connectivity index is 1.94. The first kappa shape index (κ1) is 14.1. The number of carboxylic acids is 1. The SMILES string of the molecule is Cc1nc2ccc(C(=O)O)cc2n1CC(C)N1CCCC1. The maximum absolute atomic E-state index is 11.2. The van der Waals surface area contributed by atoms with Crippen molar-refractivity contribution in [2.45, 2.75) is 39.3 Å².